The summed E-state index contributed by atoms with van der Waals surface area (Å²) in [4.78, 5) is 10.8. The fraction of sp³-hybridized carbons (Fsp3) is 0. The fourth-order valence-corrected chi connectivity index (χ4v) is 3.00. The Balaban J connectivity index is 2.41. The second-order valence-electron chi connectivity index (χ2n) is 5.00. The van der Waals surface area contributed by atoms with Crippen molar-refractivity contribution in [1.29, 1.82) is 0 Å². The molecule has 0 fully saturated rings. The van der Waals surface area contributed by atoms with Crippen LogP contribution in [0.1, 0.15) is 0 Å². The molecule has 21 heavy (non-hydrogen) atoms. The molecule has 0 radical (unpaired) electrons. The molecule has 0 spiro atoms. The van der Waals surface area contributed by atoms with E-state index < -0.39 is 4.92 Å². The van der Waals surface area contributed by atoms with Crippen molar-refractivity contribution in [2.75, 3.05) is 0 Å². The second kappa shape index (κ2) is 3.73. The predicted molar refractivity (Wildman–Crippen MR) is 80.1 cm³/mol. The number of nitro groups is 1. The Bertz CT molecular complexity index is 1040. The van der Waals surface area contributed by atoms with E-state index in [0.717, 1.165) is 10.8 Å². The zero-order valence-corrected chi connectivity index (χ0v) is 10.7. The molecule has 0 aromatic heterocycles. The van der Waals surface area contributed by atoms with E-state index in [1.54, 1.807) is 30.3 Å². The lowest BCUT2D eigenvalue weighted by molar-refractivity contribution is -0.383. The highest BCUT2D eigenvalue weighted by Crippen LogP contribution is 2.44. The lowest BCUT2D eigenvalue weighted by atomic mass is 9.92. The third-order valence-corrected chi connectivity index (χ3v) is 3.91. The number of rotatable bonds is 1. The molecule has 0 saturated heterocycles. The van der Waals surface area contributed by atoms with Gasteiger partial charge in [0.25, 0.3) is 5.69 Å². The lowest BCUT2D eigenvalue weighted by Gasteiger charge is -2.12. The van der Waals surface area contributed by atoms with Gasteiger partial charge >= 0.3 is 0 Å². The summed E-state index contributed by atoms with van der Waals surface area (Å²) in [6, 6.07) is 11.2. The Morgan fingerprint density at radius 1 is 0.810 bits per heavy atom. The highest BCUT2D eigenvalue weighted by Gasteiger charge is 2.19. The van der Waals surface area contributed by atoms with Crippen LogP contribution in [0.25, 0.3) is 32.3 Å². The molecule has 4 aromatic rings. The van der Waals surface area contributed by atoms with Crippen LogP contribution >= 0.6 is 0 Å². The van der Waals surface area contributed by atoms with E-state index in [1.807, 2.05) is 0 Å². The number of phenolic OH excluding ortho intramolecular Hbond substituents is 2. The van der Waals surface area contributed by atoms with E-state index in [-0.39, 0.29) is 17.2 Å². The smallest absolute Gasteiger partial charge is 0.277 e. The summed E-state index contributed by atoms with van der Waals surface area (Å²) in [5, 5.41) is 35.0. The van der Waals surface area contributed by atoms with Crippen molar-refractivity contribution in [3.63, 3.8) is 0 Å². The van der Waals surface area contributed by atoms with Crippen molar-refractivity contribution in [2.45, 2.75) is 0 Å². The van der Waals surface area contributed by atoms with Crippen molar-refractivity contribution in [2.24, 2.45) is 0 Å². The summed E-state index contributed by atoms with van der Waals surface area (Å²) in [6.07, 6.45) is 0. The normalized spacial score (nSPS) is 11.6. The van der Waals surface area contributed by atoms with Gasteiger partial charge in [-0.3, -0.25) is 10.1 Å². The molecule has 0 aliphatic rings. The molecular formula is C16H9NO4. The van der Waals surface area contributed by atoms with Gasteiger partial charge in [-0.25, -0.2) is 0 Å². The van der Waals surface area contributed by atoms with E-state index in [4.69, 9.17) is 0 Å². The fourth-order valence-electron chi connectivity index (χ4n) is 3.00. The predicted octanol–water partition coefficient (Wildman–Crippen LogP) is 3.90. The highest BCUT2D eigenvalue weighted by molar-refractivity contribution is 6.27. The van der Waals surface area contributed by atoms with Crippen molar-refractivity contribution >= 4 is 38.0 Å². The first-order valence-corrected chi connectivity index (χ1v) is 6.35. The number of aromatic hydroxyl groups is 2. The van der Waals surface area contributed by atoms with E-state index in [1.165, 1.54) is 12.1 Å². The molecule has 0 aliphatic carbocycles. The lowest BCUT2D eigenvalue weighted by Crippen LogP contribution is -1.92. The van der Waals surface area contributed by atoms with Crippen molar-refractivity contribution in [3.8, 4) is 11.5 Å². The summed E-state index contributed by atoms with van der Waals surface area (Å²) >= 11 is 0. The van der Waals surface area contributed by atoms with Crippen LogP contribution in [0.4, 0.5) is 5.69 Å². The van der Waals surface area contributed by atoms with Gasteiger partial charge in [0.05, 0.1) is 10.3 Å². The molecule has 0 amide bonds. The highest BCUT2D eigenvalue weighted by atomic mass is 16.6. The molecule has 0 unspecified atom stereocenters. The molecule has 0 aliphatic heterocycles. The van der Waals surface area contributed by atoms with Crippen molar-refractivity contribution in [1.82, 2.24) is 0 Å². The van der Waals surface area contributed by atoms with Crippen LogP contribution in [0.5, 0.6) is 11.5 Å². The molecule has 4 aromatic carbocycles. The number of non-ortho nitro benzene ring substituents is 1. The van der Waals surface area contributed by atoms with Gasteiger partial charge < -0.3 is 10.2 Å². The zero-order valence-electron chi connectivity index (χ0n) is 10.7. The summed E-state index contributed by atoms with van der Waals surface area (Å²) < 4.78 is 0. The Labute approximate surface area is 118 Å². The minimum Gasteiger partial charge on any atom is -0.507 e. The van der Waals surface area contributed by atoms with Gasteiger partial charge in [0.15, 0.2) is 0 Å². The minimum atomic E-state index is -0.442. The number of hydrogen-bond acceptors (Lipinski definition) is 4. The Morgan fingerprint density at radius 3 is 2.29 bits per heavy atom. The maximum Gasteiger partial charge on any atom is 0.277 e. The molecular weight excluding hydrogens is 270 g/mol. The van der Waals surface area contributed by atoms with Crippen LogP contribution in [0.15, 0.2) is 42.5 Å². The summed E-state index contributed by atoms with van der Waals surface area (Å²) in [7, 11) is 0. The Hall–Kier alpha value is -3.08. The molecule has 0 saturated carbocycles. The van der Waals surface area contributed by atoms with Crippen molar-refractivity contribution < 1.29 is 15.1 Å². The molecule has 0 atom stereocenters. The minimum absolute atomic E-state index is 0.00334. The Morgan fingerprint density at radius 2 is 1.52 bits per heavy atom. The third kappa shape index (κ3) is 1.40. The zero-order chi connectivity index (χ0) is 14.7. The number of nitro benzene ring substituents is 1. The number of nitrogens with zero attached hydrogens (tertiary/aromatic N) is 1. The topological polar surface area (TPSA) is 83.6 Å². The maximum atomic E-state index is 11.2. The quantitative estimate of drug-likeness (QED) is 0.314. The SMILES string of the molecule is O=[N+]([O-])c1ccc2c(O)cc3c(O)ccc4ccc1c2c43. The molecule has 102 valence electrons. The van der Waals surface area contributed by atoms with Crippen LogP contribution < -0.4 is 0 Å². The first-order valence-electron chi connectivity index (χ1n) is 6.35. The molecule has 5 nitrogen and oxygen atoms in total. The summed E-state index contributed by atoms with van der Waals surface area (Å²) in [6.45, 7) is 0. The molecule has 4 rings (SSSR count). The van der Waals surface area contributed by atoms with Gasteiger partial charge in [0.2, 0.25) is 0 Å². The van der Waals surface area contributed by atoms with Crippen LogP contribution in [-0.4, -0.2) is 15.1 Å². The van der Waals surface area contributed by atoms with E-state index in [2.05, 4.69) is 0 Å². The second-order valence-corrected chi connectivity index (χ2v) is 5.00. The van der Waals surface area contributed by atoms with Crippen LogP contribution in [-0.2, 0) is 0 Å². The van der Waals surface area contributed by atoms with E-state index >= 15 is 0 Å². The van der Waals surface area contributed by atoms with E-state index in [0.29, 0.717) is 21.5 Å². The first-order chi connectivity index (χ1) is 10.1. The molecule has 0 bridgehead atoms. The van der Waals surface area contributed by atoms with Crippen LogP contribution in [0, 0.1) is 10.1 Å². The average Bonchev–Trinajstić information content (AvgIpc) is 2.47. The third-order valence-electron chi connectivity index (χ3n) is 3.91. The number of benzene rings is 4. The molecule has 2 N–H and O–H groups in total. The maximum absolute atomic E-state index is 11.2. The molecule has 0 heterocycles. The van der Waals surface area contributed by atoms with Gasteiger partial charge in [-0.1, -0.05) is 12.1 Å². The number of hydrogen-bond donors (Lipinski definition) is 2. The largest absolute Gasteiger partial charge is 0.507 e. The monoisotopic (exact) mass is 279 g/mol. The van der Waals surface area contributed by atoms with Crippen molar-refractivity contribution in [3.05, 3.63) is 52.6 Å². The standard InChI is InChI=1S/C16H9NO4/c18-13-6-2-8-1-3-9-12(17(20)21)5-4-10-14(19)7-11(13)15(8)16(9)10/h1-7,18-19H. The van der Waals surface area contributed by atoms with Gasteiger partial charge in [0.1, 0.15) is 11.5 Å². The Kier molecular flexibility index (Phi) is 2.08. The number of phenols is 2. The molecule has 5 heteroatoms. The average molecular weight is 279 g/mol. The van der Waals surface area contributed by atoms with Gasteiger partial charge in [-0.15, -0.1) is 0 Å². The summed E-state index contributed by atoms with van der Waals surface area (Å²) in [5.74, 6) is 0.0371. The van der Waals surface area contributed by atoms with Gasteiger partial charge in [0, 0.05) is 27.6 Å². The van der Waals surface area contributed by atoms with Crippen LogP contribution in [0.2, 0.25) is 0 Å². The summed E-state index contributed by atoms with van der Waals surface area (Å²) in [5.41, 5.74) is -0.0142. The first kappa shape index (κ1) is 11.7. The van der Waals surface area contributed by atoms with E-state index in [9.17, 15) is 20.3 Å². The van der Waals surface area contributed by atoms with Gasteiger partial charge in [-0.2, -0.15) is 0 Å². The van der Waals surface area contributed by atoms with Gasteiger partial charge in [-0.05, 0) is 29.7 Å². The van der Waals surface area contributed by atoms with Crippen LogP contribution in [0.3, 0.4) is 0 Å².